The molecule has 1 aromatic heterocycles. The van der Waals surface area contributed by atoms with Crippen molar-refractivity contribution in [2.24, 2.45) is 0 Å². The highest BCUT2D eigenvalue weighted by atomic mass is 16.5. The Labute approximate surface area is 134 Å². The summed E-state index contributed by atoms with van der Waals surface area (Å²) >= 11 is 0. The van der Waals surface area contributed by atoms with Crippen molar-refractivity contribution in [3.05, 3.63) is 17.6 Å². The minimum absolute atomic E-state index is 0.00858. The van der Waals surface area contributed by atoms with Crippen molar-refractivity contribution in [1.29, 1.82) is 0 Å². The Morgan fingerprint density at radius 2 is 2.22 bits per heavy atom. The molecule has 1 N–H and O–H groups in total. The third kappa shape index (κ3) is 3.58. The number of nitrogens with one attached hydrogen (secondary N) is 1. The molecule has 124 valence electrons. The van der Waals surface area contributed by atoms with Crippen LogP contribution >= 0.6 is 0 Å². The molecule has 2 fully saturated rings. The van der Waals surface area contributed by atoms with Gasteiger partial charge in [0.15, 0.2) is 0 Å². The van der Waals surface area contributed by atoms with Gasteiger partial charge in [-0.1, -0.05) is 0 Å². The van der Waals surface area contributed by atoms with Crippen molar-refractivity contribution >= 4 is 17.6 Å². The number of ether oxygens (including phenoxy) is 1. The quantitative estimate of drug-likeness (QED) is 0.801. The van der Waals surface area contributed by atoms with Crippen LogP contribution < -0.4 is 10.2 Å². The van der Waals surface area contributed by atoms with Gasteiger partial charge in [0.05, 0.1) is 25.4 Å². The first-order valence-corrected chi connectivity index (χ1v) is 7.77. The number of hydrogen-bond acceptors (Lipinski definition) is 6. The molecule has 2 aliphatic rings. The predicted molar refractivity (Wildman–Crippen MR) is 82.9 cm³/mol. The van der Waals surface area contributed by atoms with Gasteiger partial charge in [-0.15, -0.1) is 0 Å². The molecule has 0 unspecified atom stereocenters. The molecular formula is C15H21N5O3. The van der Waals surface area contributed by atoms with Crippen LogP contribution in [0.25, 0.3) is 0 Å². The fourth-order valence-electron chi connectivity index (χ4n) is 2.85. The molecule has 1 aromatic rings. The summed E-state index contributed by atoms with van der Waals surface area (Å²) in [6, 6.07) is 1.86. The molecule has 2 amide bonds. The highest BCUT2D eigenvalue weighted by Gasteiger charge is 2.26. The summed E-state index contributed by atoms with van der Waals surface area (Å²) in [5, 5.41) is 2.80. The summed E-state index contributed by atoms with van der Waals surface area (Å²) < 4.78 is 5.78. The number of aromatic nitrogens is 2. The van der Waals surface area contributed by atoms with Crippen molar-refractivity contribution in [3.63, 3.8) is 0 Å². The molecule has 2 aliphatic heterocycles. The van der Waals surface area contributed by atoms with Crippen LogP contribution in [0.15, 0.2) is 6.07 Å². The first kappa shape index (κ1) is 15.7. The molecule has 0 spiro atoms. The third-order valence-electron chi connectivity index (χ3n) is 4.05. The predicted octanol–water partition coefficient (Wildman–Crippen LogP) is -0.359. The summed E-state index contributed by atoms with van der Waals surface area (Å²) in [4.78, 5) is 35.7. The van der Waals surface area contributed by atoms with E-state index < -0.39 is 0 Å². The normalized spacial score (nSPS) is 22.0. The van der Waals surface area contributed by atoms with E-state index in [1.165, 1.54) is 0 Å². The maximum Gasteiger partial charge on any atom is 0.239 e. The molecule has 8 heteroatoms. The van der Waals surface area contributed by atoms with Crippen molar-refractivity contribution in [2.45, 2.75) is 20.0 Å². The van der Waals surface area contributed by atoms with Crippen LogP contribution in [0, 0.1) is 6.92 Å². The first-order chi connectivity index (χ1) is 11.0. The maximum atomic E-state index is 11.6. The average Bonchev–Trinajstić information content (AvgIpc) is 2.54. The van der Waals surface area contributed by atoms with Gasteiger partial charge in [-0.05, 0) is 6.92 Å². The van der Waals surface area contributed by atoms with Crippen LogP contribution in [0.1, 0.15) is 24.5 Å². The molecule has 3 rings (SSSR count). The number of hydrogen-bond donors (Lipinski definition) is 1. The zero-order valence-corrected chi connectivity index (χ0v) is 13.4. The highest BCUT2D eigenvalue weighted by molar-refractivity contribution is 5.82. The van der Waals surface area contributed by atoms with Gasteiger partial charge < -0.3 is 19.9 Å². The van der Waals surface area contributed by atoms with Crippen LogP contribution in [0.3, 0.4) is 0 Å². The second-order valence-electron chi connectivity index (χ2n) is 5.79. The topological polar surface area (TPSA) is 87.7 Å². The zero-order valence-electron chi connectivity index (χ0n) is 13.4. The fraction of sp³-hybridized carbons (Fsp3) is 0.600. The van der Waals surface area contributed by atoms with Gasteiger partial charge in [0.1, 0.15) is 17.7 Å². The lowest BCUT2D eigenvalue weighted by Gasteiger charge is -2.33. The number of amides is 2. The van der Waals surface area contributed by atoms with Crippen LogP contribution in [-0.4, -0.2) is 66.0 Å². The second-order valence-corrected chi connectivity index (χ2v) is 5.79. The number of carbonyl (C=O) groups is 2. The summed E-state index contributed by atoms with van der Waals surface area (Å²) in [5.41, 5.74) is 0.754. The number of morpholine rings is 1. The van der Waals surface area contributed by atoms with E-state index >= 15 is 0 Å². The molecule has 1 atom stereocenters. The number of rotatable bonds is 2. The molecule has 0 aromatic carbocycles. The molecule has 8 nitrogen and oxygen atoms in total. The van der Waals surface area contributed by atoms with Crippen molar-refractivity contribution < 1.29 is 14.3 Å². The van der Waals surface area contributed by atoms with Gasteiger partial charge in [0.25, 0.3) is 0 Å². The number of nitrogens with zero attached hydrogens (tertiary/aromatic N) is 4. The van der Waals surface area contributed by atoms with Crippen LogP contribution in [-0.2, 0) is 14.3 Å². The van der Waals surface area contributed by atoms with E-state index in [1.807, 2.05) is 17.9 Å². The van der Waals surface area contributed by atoms with Crippen LogP contribution in [0.2, 0.25) is 0 Å². The number of aryl methyl sites for hydroxylation is 1. The van der Waals surface area contributed by atoms with E-state index in [9.17, 15) is 9.59 Å². The van der Waals surface area contributed by atoms with Gasteiger partial charge in [-0.2, -0.15) is 0 Å². The smallest absolute Gasteiger partial charge is 0.239 e. The van der Waals surface area contributed by atoms with Gasteiger partial charge >= 0.3 is 0 Å². The third-order valence-corrected chi connectivity index (χ3v) is 4.05. The first-order valence-electron chi connectivity index (χ1n) is 7.77. The largest absolute Gasteiger partial charge is 0.368 e. The number of piperazine rings is 1. The molecule has 0 radical (unpaired) electrons. The standard InChI is InChI=1S/C15H21N5O3/c1-10-17-12(13-8-19(11(2)21)5-6-23-13)7-14(18-10)20-4-3-16-15(22)9-20/h7,13H,3-6,8-9H2,1-2H3,(H,16,22)/t13-/m1/s1. The molecule has 2 saturated heterocycles. The van der Waals surface area contributed by atoms with E-state index in [-0.39, 0.29) is 17.9 Å². The van der Waals surface area contributed by atoms with Crippen molar-refractivity contribution in [3.8, 4) is 0 Å². The lowest BCUT2D eigenvalue weighted by Crippen LogP contribution is -2.48. The highest BCUT2D eigenvalue weighted by Crippen LogP contribution is 2.24. The van der Waals surface area contributed by atoms with E-state index in [0.717, 1.165) is 11.5 Å². The second kappa shape index (κ2) is 6.49. The monoisotopic (exact) mass is 319 g/mol. The summed E-state index contributed by atoms with van der Waals surface area (Å²) in [6.07, 6.45) is -0.258. The van der Waals surface area contributed by atoms with E-state index in [1.54, 1.807) is 11.8 Å². The molecule has 0 saturated carbocycles. The Bertz CT molecular complexity index is 621. The van der Waals surface area contributed by atoms with Crippen molar-refractivity contribution in [2.75, 3.05) is 44.2 Å². The summed E-state index contributed by atoms with van der Waals surface area (Å²) in [6.45, 7) is 6.59. The number of carbonyl (C=O) groups excluding carboxylic acids is 2. The van der Waals surface area contributed by atoms with Gasteiger partial charge in [-0.25, -0.2) is 9.97 Å². The SMILES string of the molecule is CC(=O)N1CCO[C@@H](c2cc(N3CCNC(=O)C3)nc(C)n2)C1. The van der Waals surface area contributed by atoms with Gasteiger partial charge in [0, 0.05) is 32.6 Å². The van der Waals surface area contributed by atoms with Gasteiger partial charge in [-0.3, -0.25) is 9.59 Å². The lowest BCUT2D eigenvalue weighted by molar-refractivity contribution is -0.136. The Morgan fingerprint density at radius 1 is 1.39 bits per heavy atom. The Kier molecular flexibility index (Phi) is 4.42. The van der Waals surface area contributed by atoms with Gasteiger partial charge in [0.2, 0.25) is 11.8 Å². The average molecular weight is 319 g/mol. The molecule has 0 aliphatic carbocycles. The zero-order chi connectivity index (χ0) is 16.4. The molecule has 0 bridgehead atoms. The lowest BCUT2D eigenvalue weighted by atomic mass is 10.2. The number of anilines is 1. The Morgan fingerprint density at radius 3 is 2.96 bits per heavy atom. The molecule has 3 heterocycles. The summed E-state index contributed by atoms with van der Waals surface area (Å²) in [7, 11) is 0. The van der Waals surface area contributed by atoms with Crippen LogP contribution in [0.4, 0.5) is 5.82 Å². The Hall–Kier alpha value is -2.22. The van der Waals surface area contributed by atoms with Crippen LogP contribution in [0.5, 0.6) is 0 Å². The van der Waals surface area contributed by atoms with E-state index in [2.05, 4.69) is 15.3 Å². The maximum absolute atomic E-state index is 11.6. The summed E-state index contributed by atoms with van der Waals surface area (Å²) in [5.74, 6) is 1.39. The minimum Gasteiger partial charge on any atom is -0.368 e. The van der Waals surface area contributed by atoms with E-state index in [4.69, 9.17) is 4.74 Å². The Balaban J connectivity index is 1.82. The minimum atomic E-state index is -0.258. The molecule has 23 heavy (non-hydrogen) atoms. The fourth-order valence-corrected chi connectivity index (χ4v) is 2.85. The van der Waals surface area contributed by atoms with E-state index in [0.29, 0.717) is 45.2 Å². The van der Waals surface area contributed by atoms with Crippen molar-refractivity contribution in [1.82, 2.24) is 20.2 Å². The molecular weight excluding hydrogens is 298 g/mol.